The highest BCUT2D eigenvalue weighted by Gasteiger charge is 2.19. The predicted molar refractivity (Wildman–Crippen MR) is 109 cm³/mol. The molecule has 0 amide bonds. The molecule has 1 heterocycles. The first-order valence-corrected chi connectivity index (χ1v) is 10.3. The lowest BCUT2D eigenvalue weighted by molar-refractivity contribution is 0.0698. The van der Waals surface area contributed by atoms with Gasteiger partial charge in [-0.15, -0.1) is 0 Å². The summed E-state index contributed by atoms with van der Waals surface area (Å²) >= 11 is 5.79. The summed E-state index contributed by atoms with van der Waals surface area (Å²) in [6.45, 7) is 2.18. The molecular formula is C20H17ClN2O5S. The Morgan fingerprint density at radius 2 is 1.90 bits per heavy atom. The van der Waals surface area contributed by atoms with Gasteiger partial charge in [0.15, 0.2) is 0 Å². The number of aryl methyl sites for hydroxylation is 1. The standard InChI is InChI=1S/C20H17ClN2O5S/c1-13-3-2-10-22-19(13)12-28-15-5-7-16(8-6-15)29(26,27)23-18-9-4-14(21)11-17(18)20(24)25/h2-11,23H,12H2,1H3,(H,24,25). The Labute approximate surface area is 173 Å². The molecular weight excluding hydrogens is 416 g/mol. The molecule has 0 atom stereocenters. The first-order valence-electron chi connectivity index (χ1n) is 8.45. The molecule has 0 unspecified atom stereocenters. The minimum absolute atomic E-state index is 0.0369. The van der Waals surface area contributed by atoms with Gasteiger partial charge < -0.3 is 9.84 Å². The Hall–Kier alpha value is -3.10. The maximum atomic E-state index is 12.6. The minimum atomic E-state index is -4.00. The summed E-state index contributed by atoms with van der Waals surface area (Å²) in [6.07, 6.45) is 1.68. The van der Waals surface area contributed by atoms with Crippen LogP contribution in [0.5, 0.6) is 5.75 Å². The number of nitrogens with one attached hydrogen (secondary N) is 1. The summed E-state index contributed by atoms with van der Waals surface area (Å²) in [5, 5.41) is 9.44. The van der Waals surface area contributed by atoms with Crippen LogP contribution in [0, 0.1) is 6.92 Å². The number of carboxylic acid groups (broad SMARTS) is 1. The SMILES string of the molecule is Cc1cccnc1COc1ccc(S(=O)(=O)Nc2ccc(Cl)cc2C(=O)O)cc1. The van der Waals surface area contributed by atoms with E-state index >= 15 is 0 Å². The summed E-state index contributed by atoms with van der Waals surface area (Å²) < 4.78 is 33.1. The van der Waals surface area contributed by atoms with Crippen molar-refractivity contribution in [3.8, 4) is 5.75 Å². The monoisotopic (exact) mass is 432 g/mol. The number of anilines is 1. The van der Waals surface area contributed by atoms with Crippen LogP contribution in [0.3, 0.4) is 0 Å². The van der Waals surface area contributed by atoms with Crippen LogP contribution in [0.2, 0.25) is 5.02 Å². The molecule has 29 heavy (non-hydrogen) atoms. The summed E-state index contributed by atoms with van der Waals surface area (Å²) in [5.41, 5.74) is 1.46. The van der Waals surface area contributed by atoms with Gasteiger partial charge in [-0.2, -0.15) is 0 Å². The Bertz CT molecular complexity index is 1150. The van der Waals surface area contributed by atoms with E-state index in [1.807, 2.05) is 19.1 Å². The van der Waals surface area contributed by atoms with Crippen LogP contribution in [-0.2, 0) is 16.6 Å². The molecule has 3 rings (SSSR count). The van der Waals surface area contributed by atoms with E-state index < -0.39 is 16.0 Å². The van der Waals surface area contributed by atoms with Crippen molar-refractivity contribution in [1.29, 1.82) is 0 Å². The number of aromatic nitrogens is 1. The second-order valence-electron chi connectivity index (χ2n) is 6.13. The average molecular weight is 433 g/mol. The molecule has 0 aliphatic heterocycles. The van der Waals surface area contributed by atoms with Gasteiger partial charge >= 0.3 is 5.97 Å². The lowest BCUT2D eigenvalue weighted by Crippen LogP contribution is -2.15. The van der Waals surface area contributed by atoms with Crippen molar-refractivity contribution < 1.29 is 23.1 Å². The number of hydrogen-bond donors (Lipinski definition) is 2. The number of ether oxygens (including phenoxy) is 1. The number of carboxylic acids is 1. The highest BCUT2D eigenvalue weighted by molar-refractivity contribution is 7.92. The van der Waals surface area contributed by atoms with Gasteiger partial charge in [-0.1, -0.05) is 17.7 Å². The molecule has 0 bridgehead atoms. The van der Waals surface area contributed by atoms with Crippen molar-refractivity contribution >= 4 is 33.3 Å². The third-order valence-corrected chi connectivity index (χ3v) is 5.70. The van der Waals surface area contributed by atoms with Gasteiger partial charge in [0.05, 0.1) is 21.8 Å². The molecule has 9 heteroatoms. The molecule has 0 aliphatic carbocycles. The second-order valence-corrected chi connectivity index (χ2v) is 8.25. The summed E-state index contributed by atoms with van der Waals surface area (Å²) in [4.78, 5) is 15.5. The molecule has 0 saturated heterocycles. The number of carbonyl (C=O) groups is 1. The molecule has 150 valence electrons. The molecule has 2 N–H and O–H groups in total. The molecule has 0 saturated carbocycles. The number of pyridine rings is 1. The Morgan fingerprint density at radius 1 is 1.17 bits per heavy atom. The van der Waals surface area contributed by atoms with Gasteiger partial charge in [-0.05, 0) is 61.0 Å². The van der Waals surface area contributed by atoms with E-state index in [0.717, 1.165) is 11.3 Å². The number of rotatable bonds is 7. The molecule has 7 nitrogen and oxygen atoms in total. The zero-order valence-corrected chi connectivity index (χ0v) is 16.9. The predicted octanol–water partition coefficient (Wildman–Crippen LogP) is 4.12. The molecule has 0 radical (unpaired) electrons. The normalized spacial score (nSPS) is 11.1. The number of nitrogens with zero attached hydrogens (tertiary/aromatic N) is 1. The van der Waals surface area contributed by atoms with E-state index in [1.54, 1.807) is 6.20 Å². The largest absolute Gasteiger partial charge is 0.487 e. The molecule has 0 spiro atoms. The van der Waals surface area contributed by atoms with E-state index in [0.29, 0.717) is 5.75 Å². The maximum absolute atomic E-state index is 12.6. The van der Waals surface area contributed by atoms with Crippen molar-refractivity contribution in [3.05, 3.63) is 82.6 Å². The van der Waals surface area contributed by atoms with Gasteiger partial charge in [0.1, 0.15) is 12.4 Å². The van der Waals surface area contributed by atoms with Gasteiger partial charge in [0.2, 0.25) is 0 Å². The minimum Gasteiger partial charge on any atom is -0.487 e. The van der Waals surface area contributed by atoms with Crippen molar-refractivity contribution in [2.45, 2.75) is 18.4 Å². The number of sulfonamides is 1. The zero-order chi connectivity index (χ0) is 21.0. The van der Waals surface area contributed by atoms with Crippen LogP contribution >= 0.6 is 11.6 Å². The van der Waals surface area contributed by atoms with Crippen LogP contribution in [0.4, 0.5) is 5.69 Å². The lowest BCUT2D eigenvalue weighted by Gasteiger charge is -2.12. The van der Waals surface area contributed by atoms with Crippen molar-refractivity contribution in [2.24, 2.45) is 0 Å². The van der Waals surface area contributed by atoms with E-state index in [9.17, 15) is 18.3 Å². The van der Waals surface area contributed by atoms with E-state index in [4.69, 9.17) is 16.3 Å². The van der Waals surface area contributed by atoms with Crippen LogP contribution in [0.1, 0.15) is 21.6 Å². The van der Waals surface area contributed by atoms with Gasteiger partial charge in [-0.3, -0.25) is 9.71 Å². The Kier molecular flexibility index (Phi) is 6.05. The Balaban J connectivity index is 1.75. The molecule has 2 aromatic carbocycles. The van der Waals surface area contributed by atoms with E-state index in [-0.39, 0.29) is 27.8 Å². The van der Waals surface area contributed by atoms with Crippen LogP contribution in [0.25, 0.3) is 0 Å². The van der Waals surface area contributed by atoms with Crippen molar-refractivity contribution in [2.75, 3.05) is 4.72 Å². The molecule has 0 aliphatic rings. The zero-order valence-electron chi connectivity index (χ0n) is 15.3. The second kappa shape index (κ2) is 8.50. The fourth-order valence-corrected chi connectivity index (χ4v) is 3.77. The lowest BCUT2D eigenvalue weighted by atomic mass is 10.2. The topological polar surface area (TPSA) is 106 Å². The highest BCUT2D eigenvalue weighted by atomic mass is 35.5. The number of aromatic carboxylic acids is 1. The maximum Gasteiger partial charge on any atom is 0.337 e. The van der Waals surface area contributed by atoms with E-state index in [1.165, 1.54) is 42.5 Å². The smallest absolute Gasteiger partial charge is 0.337 e. The van der Waals surface area contributed by atoms with Crippen molar-refractivity contribution in [1.82, 2.24) is 4.98 Å². The van der Waals surface area contributed by atoms with Gasteiger partial charge in [0.25, 0.3) is 10.0 Å². The average Bonchev–Trinajstić information content (AvgIpc) is 2.69. The third-order valence-electron chi connectivity index (χ3n) is 4.08. The number of benzene rings is 2. The molecule has 1 aromatic heterocycles. The highest BCUT2D eigenvalue weighted by Crippen LogP contribution is 2.25. The van der Waals surface area contributed by atoms with Crippen molar-refractivity contribution in [3.63, 3.8) is 0 Å². The van der Waals surface area contributed by atoms with Gasteiger partial charge in [0, 0.05) is 11.2 Å². The molecule has 0 fully saturated rings. The first-order chi connectivity index (χ1) is 13.8. The van der Waals surface area contributed by atoms with Crippen LogP contribution in [0.15, 0.2) is 65.7 Å². The van der Waals surface area contributed by atoms with Gasteiger partial charge in [-0.25, -0.2) is 13.2 Å². The first kappa shape index (κ1) is 20.6. The quantitative estimate of drug-likeness (QED) is 0.581. The number of hydrogen-bond acceptors (Lipinski definition) is 5. The molecule has 3 aromatic rings. The fourth-order valence-electron chi connectivity index (χ4n) is 2.52. The third kappa shape index (κ3) is 5.04. The summed E-state index contributed by atoms with van der Waals surface area (Å²) in [5.74, 6) is -0.814. The van der Waals surface area contributed by atoms with Crippen LogP contribution < -0.4 is 9.46 Å². The fraction of sp³-hybridized carbons (Fsp3) is 0.100. The summed E-state index contributed by atoms with van der Waals surface area (Å²) in [7, 11) is -4.00. The number of halogens is 1. The van der Waals surface area contributed by atoms with Crippen LogP contribution in [-0.4, -0.2) is 24.5 Å². The van der Waals surface area contributed by atoms with E-state index in [2.05, 4.69) is 9.71 Å². The summed E-state index contributed by atoms with van der Waals surface area (Å²) in [6, 6.07) is 13.4. The Morgan fingerprint density at radius 3 is 2.55 bits per heavy atom.